The van der Waals surface area contributed by atoms with Crippen molar-refractivity contribution in [3.8, 4) is 22.9 Å². The van der Waals surface area contributed by atoms with Crippen LogP contribution in [-0.4, -0.2) is 62.1 Å². The van der Waals surface area contributed by atoms with Crippen LogP contribution in [-0.2, 0) is 0 Å². The number of likely N-dealkylation sites (N-methyl/N-ethyl adjacent to an activating group) is 1. The number of aromatic carboxylic acids is 1. The van der Waals surface area contributed by atoms with E-state index in [1.54, 1.807) is 19.2 Å². The lowest BCUT2D eigenvalue weighted by Crippen LogP contribution is -2.32. The van der Waals surface area contributed by atoms with Crippen molar-refractivity contribution in [2.24, 2.45) is 0 Å². The van der Waals surface area contributed by atoms with Crippen LogP contribution in [0.15, 0.2) is 42.5 Å². The maximum Gasteiger partial charge on any atom is 0.335 e. The SMILES string of the molecule is COc1ccc(-c2c(C)sc(NC(=O)c3ccc(C(=O)O)cc3C(=O)NCCN(C)C)c2C#N)cc1. The number of amides is 2. The van der Waals surface area contributed by atoms with Gasteiger partial charge >= 0.3 is 5.97 Å². The number of anilines is 1. The van der Waals surface area contributed by atoms with E-state index in [-0.39, 0.29) is 16.7 Å². The van der Waals surface area contributed by atoms with Gasteiger partial charge in [-0.15, -0.1) is 11.3 Å². The summed E-state index contributed by atoms with van der Waals surface area (Å²) in [5, 5.41) is 25.0. The molecule has 9 nitrogen and oxygen atoms in total. The third-order valence-corrected chi connectivity index (χ3v) is 6.42. The number of hydrogen-bond donors (Lipinski definition) is 3. The number of aryl methyl sites for hydroxylation is 1. The Morgan fingerprint density at radius 2 is 1.78 bits per heavy atom. The van der Waals surface area contributed by atoms with E-state index in [0.29, 0.717) is 35.0 Å². The Morgan fingerprint density at radius 1 is 1.08 bits per heavy atom. The van der Waals surface area contributed by atoms with E-state index in [0.717, 1.165) is 10.4 Å². The monoisotopic (exact) mass is 506 g/mol. The molecule has 3 aromatic rings. The molecule has 186 valence electrons. The first-order valence-electron chi connectivity index (χ1n) is 11.0. The third-order valence-electron chi connectivity index (χ3n) is 5.40. The molecule has 3 N–H and O–H groups in total. The van der Waals surface area contributed by atoms with E-state index in [1.165, 1.54) is 29.5 Å². The van der Waals surface area contributed by atoms with Crippen molar-refractivity contribution in [3.05, 3.63) is 69.6 Å². The van der Waals surface area contributed by atoms with Crippen molar-refractivity contribution in [3.63, 3.8) is 0 Å². The first-order chi connectivity index (χ1) is 17.2. The molecule has 0 bridgehead atoms. The summed E-state index contributed by atoms with van der Waals surface area (Å²) in [4.78, 5) is 40.3. The molecule has 10 heteroatoms. The largest absolute Gasteiger partial charge is 0.497 e. The average Bonchev–Trinajstić information content (AvgIpc) is 3.17. The van der Waals surface area contributed by atoms with Crippen molar-refractivity contribution >= 4 is 34.1 Å². The number of nitrogens with zero attached hydrogens (tertiary/aromatic N) is 2. The highest BCUT2D eigenvalue weighted by molar-refractivity contribution is 7.17. The van der Waals surface area contributed by atoms with Gasteiger partial charge in [-0.3, -0.25) is 9.59 Å². The van der Waals surface area contributed by atoms with E-state index < -0.39 is 17.8 Å². The molecule has 0 radical (unpaired) electrons. The Labute approximate surface area is 212 Å². The van der Waals surface area contributed by atoms with Gasteiger partial charge in [0.05, 0.1) is 29.4 Å². The number of carboxylic acid groups (broad SMARTS) is 1. The maximum atomic E-state index is 13.2. The second kappa shape index (κ2) is 11.5. The Hall–Kier alpha value is -4.20. The lowest BCUT2D eigenvalue weighted by atomic mass is 10.0. The number of methoxy groups -OCH3 is 1. The fraction of sp³-hybridized carbons (Fsp3) is 0.231. The van der Waals surface area contributed by atoms with Gasteiger partial charge in [0.2, 0.25) is 0 Å². The topological polar surface area (TPSA) is 132 Å². The number of rotatable bonds is 9. The molecule has 0 fully saturated rings. The van der Waals surface area contributed by atoms with Gasteiger partial charge in [0.25, 0.3) is 11.8 Å². The van der Waals surface area contributed by atoms with Gasteiger partial charge in [0.1, 0.15) is 16.8 Å². The van der Waals surface area contributed by atoms with Crippen LogP contribution in [0.3, 0.4) is 0 Å². The zero-order valence-corrected chi connectivity index (χ0v) is 21.2. The van der Waals surface area contributed by atoms with Gasteiger partial charge in [-0.25, -0.2) is 4.79 Å². The summed E-state index contributed by atoms with van der Waals surface area (Å²) in [6.07, 6.45) is 0. The summed E-state index contributed by atoms with van der Waals surface area (Å²) in [5.74, 6) is -1.72. The highest BCUT2D eigenvalue weighted by Gasteiger charge is 2.23. The molecule has 3 rings (SSSR count). The molecule has 1 aromatic heterocycles. The normalized spacial score (nSPS) is 10.6. The molecule has 0 saturated carbocycles. The summed E-state index contributed by atoms with van der Waals surface area (Å²) in [6, 6.07) is 13.2. The number of carboxylic acids is 1. The Kier molecular flexibility index (Phi) is 8.42. The Balaban J connectivity index is 1.95. The Bertz CT molecular complexity index is 1340. The summed E-state index contributed by atoms with van der Waals surface area (Å²) >= 11 is 1.25. The zero-order chi connectivity index (χ0) is 26.4. The van der Waals surface area contributed by atoms with Gasteiger partial charge in [-0.1, -0.05) is 12.1 Å². The lowest BCUT2D eigenvalue weighted by Gasteiger charge is -2.13. The molecule has 0 aliphatic carbocycles. The van der Waals surface area contributed by atoms with E-state index in [9.17, 15) is 24.8 Å². The van der Waals surface area contributed by atoms with Crippen molar-refractivity contribution in [2.75, 3.05) is 39.6 Å². The fourth-order valence-corrected chi connectivity index (χ4v) is 4.59. The summed E-state index contributed by atoms with van der Waals surface area (Å²) in [7, 11) is 5.27. The van der Waals surface area contributed by atoms with Gasteiger partial charge in [0, 0.05) is 23.5 Å². The first kappa shape index (κ1) is 26.4. The van der Waals surface area contributed by atoms with Crippen LogP contribution in [0.2, 0.25) is 0 Å². The van der Waals surface area contributed by atoms with Crippen molar-refractivity contribution < 1.29 is 24.2 Å². The van der Waals surface area contributed by atoms with Crippen molar-refractivity contribution in [2.45, 2.75) is 6.92 Å². The van der Waals surface area contributed by atoms with Crippen LogP contribution >= 0.6 is 11.3 Å². The van der Waals surface area contributed by atoms with Crippen molar-refractivity contribution in [1.82, 2.24) is 10.2 Å². The molecule has 2 amide bonds. The number of ether oxygens (including phenoxy) is 1. The molecule has 0 aliphatic rings. The standard InChI is InChI=1S/C26H26N4O5S/c1-15-22(16-5-8-18(35-4)9-6-16)21(14-27)25(36-15)29-24(32)19-10-7-17(26(33)34)13-20(19)23(31)28-11-12-30(2)3/h5-10,13H,11-12H2,1-4H3,(H,28,31)(H,29,32)(H,33,34). The fourth-order valence-electron chi connectivity index (χ4n) is 3.57. The predicted octanol–water partition coefficient (Wildman–Crippen LogP) is 3.85. The zero-order valence-electron chi connectivity index (χ0n) is 20.3. The van der Waals surface area contributed by atoms with Gasteiger partial charge in [-0.2, -0.15) is 5.26 Å². The molecule has 0 saturated heterocycles. The van der Waals surface area contributed by atoms with E-state index in [2.05, 4.69) is 16.7 Å². The van der Waals surface area contributed by atoms with Crippen LogP contribution in [0.25, 0.3) is 11.1 Å². The lowest BCUT2D eigenvalue weighted by molar-refractivity contribution is 0.0696. The summed E-state index contributed by atoms with van der Waals surface area (Å²) in [6.45, 7) is 2.74. The van der Waals surface area contributed by atoms with Crippen LogP contribution in [0.4, 0.5) is 5.00 Å². The second-order valence-electron chi connectivity index (χ2n) is 8.16. The second-order valence-corrected chi connectivity index (χ2v) is 9.38. The molecule has 2 aromatic carbocycles. The minimum absolute atomic E-state index is 0.00305. The van der Waals surface area contributed by atoms with E-state index in [1.807, 2.05) is 38.1 Å². The van der Waals surface area contributed by atoms with Gasteiger partial charge in [0.15, 0.2) is 0 Å². The molecular weight excluding hydrogens is 480 g/mol. The minimum atomic E-state index is -1.21. The number of benzene rings is 2. The van der Waals surface area contributed by atoms with E-state index >= 15 is 0 Å². The first-order valence-corrected chi connectivity index (χ1v) is 11.8. The number of hydrogen-bond acceptors (Lipinski definition) is 7. The van der Waals surface area contributed by atoms with Gasteiger partial charge < -0.3 is 25.4 Å². The maximum absolute atomic E-state index is 13.2. The van der Waals surface area contributed by atoms with Crippen LogP contribution in [0.5, 0.6) is 5.75 Å². The smallest absolute Gasteiger partial charge is 0.335 e. The number of carbonyl (C=O) groups is 3. The molecule has 36 heavy (non-hydrogen) atoms. The third kappa shape index (κ3) is 5.89. The predicted molar refractivity (Wildman–Crippen MR) is 138 cm³/mol. The van der Waals surface area contributed by atoms with Crippen molar-refractivity contribution in [1.29, 1.82) is 5.26 Å². The molecule has 0 aliphatic heterocycles. The Morgan fingerprint density at radius 3 is 2.36 bits per heavy atom. The van der Waals surface area contributed by atoms with Crippen LogP contribution in [0, 0.1) is 18.3 Å². The molecule has 0 spiro atoms. The molecule has 1 heterocycles. The quantitative estimate of drug-likeness (QED) is 0.402. The molecule has 0 atom stereocenters. The number of carbonyl (C=O) groups excluding carboxylic acids is 2. The van der Waals surface area contributed by atoms with Crippen LogP contribution in [0.1, 0.15) is 41.5 Å². The number of nitriles is 1. The summed E-state index contributed by atoms with van der Waals surface area (Å²) < 4.78 is 5.20. The van der Waals surface area contributed by atoms with Crippen LogP contribution < -0.4 is 15.4 Å². The average molecular weight is 507 g/mol. The number of nitrogens with one attached hydrogen (secondary N) is 2. The van der Waals surface area contributed by atoms with Gasteiger partial charge in [-0.05, 0) is 56.9 Å². The van der Waals surface area contributed by atoms with E-state index in [4.69, 9.17) is 4.74 Å². The highest BCUT2D eigenvalue weighted by Crippen LogP contribution is 2.40. The summed E-state index contributed by atoms with van der Waals surface area (Å²) in [5.41, 5.74) is 1.62. The highest BCUT2D eigenvalue weighted by atomic mass is 32.1. The molecular formula is C26H26N4O5S. The number of thiophene rings is 1. The minimum Gasteiger partial charge on any atom is -0.497 e. The molecule has 0 unspecified atom stereocenters.